The number of morpholine rings is 1. The summed E-state index contributed by atoms with van der Waals surface area (Å²) < 4.78 is 50.0. The van der Waals surface area contributed by atoms with E-state index in [9.17, 15) is 18.0 Å². The van der Waals surface area contributed by atoms with Crippen LogP contribution in [0.3, 0.4) is 0 Å². The second-order valence-electron chi connectivity index (χ2n) is 6.47. The van der Waals surface area contributed by atoms with Gasteiger partial charge in [0.2, 0.25) is 5.91 Å². The third kappa shape index (κ3) is 5.52. The summed E-state index contributed by atoms with van der Waals surface area (Å²) in [7, 11) is 0. The lowest BCUT2D eigenvalue weighted by Crippen LogP contribution is -2.49. The number of hydrogen-bond donors (Lipinski definition) is 1. The van der Waals surface area contributed by atoms with Crippen LogP contribution in [0.1, 0.15) is 32.8 Å². The van der Waals surface area contributed by atoms with Gasteiger partial charge < -0.3 is 19.7 Å². The second-order valence-corrected chi connectivity index (χ2v) is 6.47. The average molecular weight is 374 g/mol. The number of ether oxygens (including phenoxy) is 2. The molecular weight excluding hydrogens is 349 g/mol. The molecule has 1 heterocycles. The fourth-order valence-electron chi connectivity index (χ4n) is 2.85. The van der Waals surface area contributed by atoms with E-state index in [0.29, 0.717) is 25.4 Å². The average Bonchev–Trinajstić information content (AvgIpc) is 2.56. The lowest BCUT2D eigenvalue weighted by molar-refractivity contribution is -0.141. The molecule has 1 N–H and O–H groups in total. The fraction of sp³-hybridized carbons (Fsp3) is 0.611. The summed E-state index contributed by atoms with van der Waals surface area (Å²) in [6.45, 7) is 6.87. The summed E-state index contributed by atoms with van der Waals surface area (Å²) in [4.78, 5) is 14.1. The van der Waals surface area contributed by atoms with Crippen LogP contribution in [0.15, 0.2) is 18.2 Å². The molecule has 5 nitrogen and oxygen atoms in total. The SMILES string of the molecule is CCCOc1ccc(C(F)(F)F)cc1NCC(=O)N1CC(C)OC(C)C1. The van der Waals surface area contributed by atoms with E-state index in [1.165, 1.54) is 6.07 Å². The number of anilines is 1. The van der Waals surface area contributed by atoms with Crippen molar-refractivity contribution in [2.75, 3.05) is 31.6 Å². The highest BCUT2D eigenvalue weighted by Crippen LogP contribution is 2.35. The predicted molar refractivity (Wildman–Crippen MR) is 92.3 cm³/mol. The van der Waals surface area contributed by atoms with Crippen molar-refractivity contribution < 1.29 is 27.4 Å². The number of nitrogens with one attached hydrogen (secondary N) is 1. The number of halogens is 3. The van der Waals surface area contributed by atoms with E-state index in [4.69, 9.17) is 9.47 Å². The zero-order valence-corrected chi connectivity index (χ0v) is 15.2. The van der Waals surface area contributed by atoms with Crippen LogP contribution in [-0.4, -0.2) is 49.3 Å². The highest BCUT2D eigenvalue weighted by molar-refractivity contribution is 5.81. The molecule has 1 fully saturated rings. The van der Waals surface area contributed by atoms with Gasteiger partial charge in [0.15, 0.2) is 0 Å². The number of benzene rings is 1. The van der Waals surface area contributed by atoms with Crippen molar-refractivity contribution in [1.29, 1.82) is 0 Å². The molecule has 2 rings (SSSR count). The van der Waals surface area contributed by atoms with E-state index < -0.39 is 11.7 Å². The van der Waals surface area contributed by atoms with Gasteiger partial charge in [-0.15, -0.1) is 0 Å². The third-order valence-electron chi connectivity index (χ3n) is 3.97. The molecule has 1 amide bonds. The number of rotatable bonds is 6. The van der Waals surface area contributed by atoms with E-state index in [0.717, 1.165) is 18.6 Å². The first-order valence-corrected chi connectivity index (χ1v) is 8.71. The van der Waals surface area contributed by atoms with E-state index >= 15 is 0 Å². The lowest BCUT2D eigenvalue weighted by atomic mass is 10.1. The Hall–Kier alpha value is -1.96. The summed E-state index contributed by atoms with van der Waals surface area (Å²) in [5.41, 5.74) is -0.624. The van der Waals surface area contributed by atoms with Crippen molar-refractivity contribution in [2.24, 2.45) is 0 Å². The normalized spacial score (nSPS) is 20.8. The molecule has 0 aliphatic carbocycles. The number of hydrogen-bond acceptors (Lipinski definition) is 4. The van der Waals surface area contributed by atoms with Gasteiger partial charge in [-0.1, -0.05) is 6.92 Å². The van der Waals surface area contributed by atoms with Gasteiger partial charge in [-0.2, -0.15) is 13.2 Å². The van der Waals surface area contributed by atoms with E-state index in [2.05, 4.69) is 5.32 Å². The van der Waals surface area contributed by atoms with Crippen LogP contribution >= 0.6 is 0 Å². The van der Waals surface area contributed by atoms with Crippen LogP contribution in [0.2, 0.25) is 0 Å². The maximum absolute atomic E-state index is 13.0. The van der Waals surface area contributed by atoms with Crippen molar-refractivity contribution in [1.82, 2.24) is 4.90 Å². The van der Waals surface area contributed by atoms with Crippen molar-refractivity contribution in [3.8, 4) is 5.75 Å². The van der Waals surface area contributed by atoms with Crippen LogP contribution < -0.4 is 10.1 Å². The molecule has 1 saturated heterocycles. The standard InChI is InChI=1S/C18H25F3N2O3/c1-4-7-25-16-6-5-14(18(19,20)21)8-15(16)22-9-17(24)23-10-12(2)26-13(3)11-23/h5-6,8,12-13,22H,4,7,9-11H2,1-3H3. The molecular formula is C18H25F3N2O3. The van der Waals surface area contributed by atoms with E-state index in [1.54, 1.807) is 4.90 Å². The summed E-state index contributed by atoms with van der Waals surface area (Å²) in [6.07, 6.45) is -3.87. The van der Waals surface area contributed by atoms with E-state index in [-0.39, 0.29) is 30.3 Å². The van der Waals surface area contributed by atoms with Crippen LogP contribution in [0.4, 0.5) is 18.9 Å². The Balaban J connectivity index is 2.09. The smallest absolute Gasteiger partial charge is 0.416 e. The Kier molecular flexibility index (Phi) is 6.75. The van der Waals surface area contributed by atoms with Crippen LogP contribution in [0, 0.1) is 0 Å². The topological polar surface area (TPSA) is 50.8 Å². The number of nitrogens with zero attached hydrogens (tertiary/aromatic N) is 1. The van der Waals surface area contributed by atoms with E-state index in [1.807, 2.05) is 20.8 Å². The van der Waals surface area contributed by atoms with Gasteiger partial charge in [0, 0.05) is 13.1 Å². The van der Waals surface area contributed by atoms with Crippen LogP contribution in [-0.2, 0) is 15.7 Å². The summed E-state index contributed by atoms with van der Waals surface area (Å²) in [5, 5.41) is 2.80. The Morgan fingerprint density at radius 3 is 2.54 bits per heavy atom. The first-order valence-electron chi connectivity index (χ1n) is 8.71. The molecule has 0 spiro atoms. The minimum absolute atomic E-state index is 0.0697. The Morgan fingerprint density at radius 2 is 1.96 bits per heavy atom. The Morgan fingerprint density at radius 1 is 1.31 bits per heavy atom. The molecule has 8 heteroatoms. The second kappa shape index (κ2) is 8.62. The third-order valence-corrected chi connectivity index (χ3v) is 3.97. The maximum atomic E-state index is 13.0. The molecule has 1 aromatic rings. The summed E-state index contributed by atoms with van der Waals surface area (Å²) >= 11 is 0. The van der Waals surface area contributed by atoms with Gasteiger partial charge in [-0.3, -0.25) is 4.79 Å². The molecule has 1 aliphatic heterocycles. The van der Waals surface area contributed by atoms with Crippen molar-refractivity contribution in [3.05, 3.63) is 23.8 Å². The van der Waals surface area contributed by atoms with Gasteiger partial charge in [0.1, 0.15) is 5.75 Å². The number of alkyl halides is 3. The van der Waals surface area contributed by atoms with Crippen molar-refractivity contribution in [2.45, 2.75) is 45.6 Å². The minimum atomic E-state index is -4.46. The molecule has 0 radical (unpaired) electrons. The highest BCUT2D eigenvalue weighted by Gasteiger charge is 2.31. The zero-order valence-electron chi connectivity index (χ0n) is 15.2. The summed E-state index contributed by atoms with van der Waals surface area (Å²) in [6, 6.07) is 3.23. The largest absolute Gasteiger partial charge is 0.491 e. The van der Waals surface area contributed by atoms with Gasteiger partial charge >= 0.3 is 6.18 Å². The minimum Gasteiger partial charge on any atom is -0.491 e. The first kappa shape index (κ1) is 20.4. The molecule has 0 saturated carbocycles. The van der Waals surface area contributed by atoms with Gasteiger partial charge in [0.05, 0.1) is 36.6 Å². The number of carbonyl (C=O) groups is 1. The molecule has 1 aliphatic rings. The van der Waals surface area contributed by atoms with Gasteiger partial charge in [-0.25, -0.2) is 0 Å². The van der Waals surface area contributed by atoms with Gasteiger partial charge in [0.25, 0.3) is 0 Å². The first-order chi connectivity index (χ1) is 12.2. The zero-order chi connectivity index (χ0) is 19.3. The molecule has 0 bridgehead atoms. The maximum Gasteiger partial charge on any atom is 0.416 e. The predicted octanol–water partition coefficient (Wildman–Crippen LogP) is 3.54. The fourth-order valence-corrected chi connectivity index (χ4v) is 2.85. The quantitative estimate of drug-likeness (QED) is 0.828. The molecule has 2 unspecified atom stereocenters. The highest BCUT2D eigenvalue weighted by atomic mass is 19.4. The Bertz CT molecular complexity index is 612. The number of amides is 1. The molecule has 0 aromatic heterocycles. The van der Waals surface area contributed by atoms with Crippen LogP contribution in [0.5, 0.6) is 5.75 Å². The lowest BCUT2D eigenvalue weighted by Gasteiger charge is -2.35. The molecule has 26 heavy (non-hydrogen) atoms. The molecule has 1 aromatic carbocycles. The molecule has 2 atom stereocenters. The van der Waals surface area contributed by atoms with Gasteiger partial charge in [-0.05, 0) is 38.5 Å². The van der Waals surface area contributed by atoms with Crippen molar-refractivity contribution >= 4 is 11.6 Å². The summed E-state index contributed by atoms with van der Waals surface area (Å²) in [5.74, 6) is 0.113. The Labute approximate surface area is 151 Å². The molecule has 146 valence electrons. The monoisotopic (exact) mass is 374 g/mol. The van der Waals surface area contributed by atoms with Crippen LogP contribution in [0.25, 0.3) is 0 Å². The number of carbonyl (C=O) groups excluding carboxylic acids is 1. The van der Waals surface area contributed by atoms with Crippen molar-refractivity contribution in [3.63, 3.8) is 0 Å².